The molecular formula is C22H30N4OS. The first kappa shape index (κ1) is 21.8. The second-order valence-corrected chi connectivity index (χ2v) is 7.73. The molecule has 3 heterocycles. The molecule has 0 N–H and O–H groups in total. The molecule has 2 unspecified atom stereocenters. The first-order chi connectivity index (χ1) is 13.4. The van der Waals surface area contributed by atoms with E-state index in [0.29, 0.717) is 16.5 Å². The predicted molar refractivity (Wildman–Crippen MR) is 123 cm³/mol. The van der Waals surface area contributed by atoms with Crippen LogP contribution >= 0.6 is 11.3 Å². The molecule has 0 aliphatic heterocycles. The molecule has 0 radical (unpaired) electrons. The van der Waals surface area contributed by atoms with Crippen LogP contribution in [-0.4, -0.2) is 28.6 Å². The molecule has 28 heavy (non-hydrogen) atoms. The van der Waals surface area contributed by atoms with Crippen molar-refractivity contribution in [2.24, 2.45) is 11.8 Å². The lowest BCUT2D eigenvalue weighted by Crippen LogP contribution is -2.15. The number of anilines is 1. The van der Waals surface area contributed by atoms with E-state index in [4.69, 9.17) is 0 Å². The van der Waals surface area contributed by atoms with Crippen molar-refractivity contribution in [3.63, 3.8) is 0 Å². The van der Waals surface area contributed by atoms with Gasteiger partial charge in [0.15, 0.2) is 0 Å². The second-order valence-electron chi connectivity index (χ2n) is 6.73. The highest BCUT2D eigenvalue weighted by molar-refractivity contribution is 7.25. The first-order valence-corrected chi connectivity index (χ1v) is 10.5. The number of fused-ring (bicyclic) bond motifs is 3. The Morgan fingerprint density at radius 1 is 1.14 bits per heavy atom. The van der Waals surface area contributed by atoms with Gasteiger partial charge in [-0.3, -0.25) is 9.36 Å². The third-order valence-corrected chi connectivity index (χ3v) is 5.72. The van der Waals surface area contributed by atoms with E-state index < -0.39 is 0 Å². The van der Waals surface area contributed by atoms with Gasteiger partial charge in [-0.25, -0.2) is 9.97 Å². The molecule has 0 aliphatic rings. The minimum atomic E-state index is -0.0511. The summed E-state index contributed by atoms with van der Waals surface area (Å²) >= 11 is 1.40. The molecule has 3 aromatic rings. The number of pyridine rings is 1. The van der Waals surface area contributed by atoms with Gasteiger partial charge in [0.1, 0.15) is 15.9 Å². The summed E-state index contributed by atoms with van der Waals surface area (Å²) in [4.78, 5) is 24.8. The van der Waals surface area contributed by atoms with Gasteiger partial charge in [-0.1, -0.05) is 45.9 Å². The highest BCUT2D eigenvalue weighted by atomic mass is 32.1. The molecule has 0 amide bonds. The third-order valence-electron chi connectivity index (χ3n) is 4.64. The normalized spacial score (nSPS) is 13.8. The van der Waals surface area contributed by atoms with Crippen LogP contribution in [0.1, 0.15) is 34.6 Å². The van der Waals surface area contributed by atoms with Crippen LogP contribution in [0.2, 0.25) is 0 Å². The van der Waals surface area contributed by atoms with Crippen molar-refractivity contribution in [3.05, 3.63) is 47.2 Å². The molecule has 0 aromatic carbocycles. The Labute approximate surface area is 171 Å². The van der Waals surface area contributed by atoms with Gasteiger partial charge in [-0.15, -0.1) is 11.3 Å². The summed E-state index contributed by atoms with van der Waals surface area (Å²) in [6.07, 6.45) is 11.5. The van der Waals surface area contributed by atoms with E-state index in [2.05, 4.69) is 42.0 Å². The van der Waals surface area contributed by atoms with Gasteiger partial charge in [-0.2, -0.15) is 0 Å². The Kier molecular flexibility index (Phi) is 7.52. The predicted octanol–water partition coefficient (Wildman–Crippen LogP) is 5.42. The highest BCUT2D eigenvalue weighted by Crippen LogP contribution is 2.34. The summed E-state index contributed by atoms with van der Waals surface area (Å²) in [6, 6.07) is 1.95. The molecule has 3 aromatic heterocycles. The molecule has 0 saturated carbocycles. The number of rotatable bonds is 5. The quantitative estimate of drug-likeness (QED) is 0.539. The fraction of sp³-hybridized carbons (Fsp3) is 0.409. The average Bonchev–Trinajstić information content (AvgIpc) is 3.08. The van der Waals surface area contributed by atoms with Crippen LogP contribution in [0, 0.1) is 11.8 Å². The molecule has 0 saturated heterocycles. The van der Waals surface area contributed by atoms with E-state index in [0.717, 1.165) is 21.4 Å². The molecule has 0 aliphatic carbocycles. The minimum absolute atomic E-state index is 0.0511. The van der Waals surface area contributed by atoms with Crippen molar-refractivity contribution in [2.45, 2.75) is 34.6 Å². The zero-order chi connectivity index (χ0) is 20.8. The molecule has 3 rings (SSSR count). The van der Waals surface area contributed by atoms with E-state index in [1.54, 1.807) is 17.1 Å². The number of thiophene rings is 1. The molecule has 0 fully saturated rings. The maximum absolute atomic E-state index is 12.9. The SMILES string of the molecule is C/C=C\C(C)C(C)/C=C/n1cnc2c(sc3nccc(N(C)C)c32)c1=O.CC. The summed E-state index contributed by atoms with van der Waals surface area (Å²) < 4.78 is 2.20. The van der Waals surface area contributed by atoms with E-state index in [9.17, 15) is 4.79 Å². The number of allylic oxidation sites excluding steroid dienone is 3. The topological polar surface area (TPSA) is 51.0 Å². The molecule has 0 spiro atoms. The Morgan fingerprint density at radius 2 is 1.82 bits per heavy atom. The van der Waals surface area contributed by atoms with Crippen LogP contribution in [0.5, 0.6) is 0 Å². The van der Waals surface area contributed by atoms with Crippen molar-refractivity contribution in [1.82, 2.24) is 14.5 Å². The van der Waals surface area contributed by atoms with Gasteiger partial charge >= 0.3 is 0 Å². The van der Waals surface area contributed by atoms with Crippen molar-refractivity contribution in [2.75, 3.05) is 19.0 Å². The Morgan fingerprint density at radius 3 is 2.46 bits per heavy atom. The van der Waals surface area contributed by atoms with E-state index in [1.165, 1.54) is 11.3 Å². The third kappa shape index (κ3) is 4.33. The smallest absolute Gasteiger partial charge is 0.275 e. The lowest BCUT2D eigenvalue weighted by atomic mass is 9.96. The molecule has 150 valence electrons. The van der Waals surface area contributed by atoms with Crippen molar-refractivity contribution < 1.29 is 0 Å². The van der Waals surface area contributed by atoms with Gasteiger partial charge in [0.05, 0.1) is 16.6 Å². The molecule has 2 atom stereocenters. The molecule has 6 heteroatoms. The summed E-state index contributed by atoms with van der Waals surface area (Å²) in [5.41, 5.74) is 1.70. The number of aromatic nitrogens is 3. The molecular weight excluding hydrogens is 368 g/mol. The van der Waals surface area contributed by atoms with Crippen LogP contribution in [0.4, 0.5) is 5.69 Å². The Bertz CT molecular complexity index is 1050. The maximum atomic E-state index is 12.9. The first-order valence-electron chi connectivity index (χ1n) is 9.70. The molecule has 5 nitrogen and oxygen atoms in total. The maximum Gasteiger partial charge on any atom is 0.275 e. The second kappa shape index (κ2) is 9.64. The lowest BCUT2D eigenvalue weighted by Gasteiger charge is -2.13. The Balaban J connectivity index is 0.00000136. The van der Waals surface area contributed by atoms with Crippen LogP contribution in [-0.2, 0) is 0 Å². The zero-order valence-electron chi connectivity index (χ0n) is 17.8. The summed E-state index contributed by atoms with van der Waals surface area (Å²) in [6.45, 7) is 10.3. The minimum Gasteiger partial charge on any atom is -0.377 e. The summed E-state index contributed by atoms with van der Waals surface area (Å²) in [5, 5.41) is 0.945. The van der Waals surface area contributed by atoms with Crippen LogP contribution < -0.4 is 10.5 Å². The molecule has 0 bridgehead atoms. The summed E-state index contributed by atoms with van der Waals surface area (Å²) in [7, 11) is 3.96. The average molecular weight is 399 g/mol. The van der Waals surface area contributed by atoms with Gasteiger partial charge in [0.2, 0.25) is 0 Å². The largest absolute Gasteiger partial charge is 0.377 e. The van der Waals surface area contributed by atoms with Crippen molar-refractivity contribution in [1.29, 1.82) is 0 Å². The van der Waals surface area contributed by atoms with Gasteiger partial charge in [0, 0.05) is 26.5 Å². The van der Waals surface area contributed by atoms with Gasteiger partial charge < -0.3 is 4.90 Å². The van der Waals surface area contributed by atoms with Crippen molar-refractivity contribution >= 4 is 43.7 Å². The van der Waals surface area contributed by atoms with E-state index >= 15 is 0 Å². The zero-order valence-corrected chi connectivity index (χ0v) is 18.6. The van der Waals surface area contributed by atoms with Crippen LogP contribution in [0.15, 0.2) is 41.6 Å². The van der Waals surface area contributed by atoms with Crippen LogP contribution in [0.25, 0.3) is 26.6 Å². The standard InChI is InChI=1S/C20H24N4OS.C2H6/c1-6-7-13(2)14(3)9-11-24-12-22-17-16-15(23(4)5)8-10-21-19(16)26-18(17)20(24)25;1-2/h6-14H,1-5H3;1-2H3/b7-6-,11-9+;. The van der Waals surface area contributed by atoms with Gasteiger partial charge in [0.25, 0.3) is 5.56 Å². The number of nitrogens with zero attached hydrogens (tertiary/aromatic N) is 4. The number of hydrogen-bond donors (Lipinski definition) is 0. The lowest BCUT2D eigenvalue weighted by molar-refractivity contribution is 0.558. The van der Waals surface area contributed by atoms with E-state index in [-0.39, 0.29) is 5.56 Å². The number of hydrogen-bond acceptors (Lipinski definition) is 5. The van der Waals surface area contributed by atoms with Crippen molar-refractivity contribution in [3.8, 4) is 0 Å². The fourth-order valence-corrected chi connectivity index (χ4v) is 3.97. The fourth-order valence-electron chi connectivity index (χ4n) is 2.91. The van der Waals surface area contributed by atoms with Crippen LogP contribution in [0.3, 0.4) is 0 Å². The summed E-state index contributed by atoms with van der Waals surface area (Å²) in [5.74, 6) is 0.748. The highest BCUT2D eigenvalue weighted by Gasteiger charge is 2.16. The monoisotopic (exact) mass is 398 g/mol. The Hall–Kier alpha value is -2.47. The van der Waals surface area contributed by atoms with Gasteiger partial charge in [-0.05, 0) is 24.8 Å². The van der Waals surface area contributed by atoms with E-state index in [1.807, 2.05) is 52.0 Å².